The molecule has 0 aromatic carbocycles. The molecule has 0 atom stereocenters. The first kappa shape index (κ1) is 9.27. The molecule has 0 aliphatic carbocycles. The van der Waals surface area contributed by atoms with Crippen molar-refractivity contribution in [2.75, 3.05) is 6.54 Å². The molecule has 0 aromatic rings. The SMILES string of the molecule is CC.CC1(C)CNC(=O)N1. The van der Waals surface area contributed by atoms with E-state index in [0.29, 0.717) is 0 Å². The molecule has 0 spiro atoms. The largest absolute Gasteiger partial charge is 0.336 e. The van der Waals surface area contributed by atoms with Crippen molar-refractivity contribution in [1.82, 2.24) is 10.6 Å². The summed E-state index contributed by atoms with van der Waals surface area (Å²) in [6, 6.07) is -0.0602. The number of carbonyl (C=O) groups is 1. The highest BCUT2D eigenvalue weighted by atomic mass is 16.2. The number of amides is 2. The lowest BCUT2D eigenvalue weighted by atomic mass is 10.1. The molecule has 0 saturated carbocycles. The van der Waals surface area contributed by atoms with Gasteiger partial charge in [-0.2, -0.15) is 0 Å². The summed E-state index contributed by atoms with van der Waals surface area (Å²) in [5.74, 6) is 0. The molecule has 0 unspecified atom stereocenters. The third kappa shape index (κ3) is 2.71. The van der Waals surface area contributed by atoms with E-state index in [1.807, 2.05) is 27.7 Å². The van der Waals surface area contributed by atoms with E-state index in [0.717, 1.165) is 6.54 Å². The number of hydrogen-bond donors (Lipinski definition) is 2. The number of urea groups is 1. The Morgan fingerprint density at radius 2 is 1.90 bits per heavy atom. The van der Waals surface area contributed by atoms with E-state index in [-0.39, 0.29) is 11.6 Å². The van der Waals surface area contributed by atoms with Crippen LogP contribution in [0.2, 0.25) is 0 Å². The molecule has 1 rings (SSSR count). The Bertz CT molecular complexity index is 121. The summed E-state index contributed by atoms with van der Waals surface area (Å²) in [6.45, 7) is 8.68. The third-order valence-electron chi connectivity index (χ3n) is 1.14. The lowest BCUT2D eigenvalue weighted by molar-refractivity contribution is 0.246. The van der Waals surface area contributed by atoms with Gasteiger partial charge in [0.15, 0.2) is 0 Å². The highest BCUT2D eigenvalue weighted by Crippen LogP contribution is 2.03. The minimum absolute atomic E-state index is 0.0446. The van der Waals surface area contributed by atoms with Gasteiger partial charge in [-0.15, -0.1) is 0 Å². The molecule has 1 saturated heterocycles. The van der Waals surface area contributed by atoms with Crippen LogP contribution in [0, 0.1) is 0 Å². The molecule has 2 N–H and O–H groups in total. The van der Waals surface area contributed by atoms with Gasteiger partial charge in [-0.25, -0.2) is 4.79 Å². The van der Waals surface area contributed by atoms with Crippen LogP contribution >= 0.6 is 0 Å². The fraction of sp³-hybridized carbons (Fsp3) is 0.857. The van der Waals surface area contributed by atoms with Crippen LogP contribution in [0.4, 0.5) is 4.79 Å². The predicted octanol–water partition coefficient (Wildman–Crippen LogP) is 1.10. The minimum Gasteiger partial charge on any atom is -0.336 e. The van der Waals surface area contributed by atoms with Gasteiger partial charge in [0, 0.05) is 6.54 Å². The highest BCUT2D eigenvalue weighted by Gasteiger charge is 2.26. The van der Waals surface area contributed by atoms with Crippen molar-refractivity contribution in [1.29, 1.82) is 0 Å². The Morgan fingerprint density at radius 3 is 2.00 bits per heavy atom. The first-order chi connectivity index (χ1) is 4.60. The normalized spacial score (nSPS) is 20.2. The predicted molar refractivity (Wildman–Crippen MR) is 42.0 cm³/mol. The summed E-state index contributed by atoms with van der Waals surface area (Å²) in [5, 5.41) is 5.40. The molecular formula is C7H16N2O. The van der Waals surface area contributed by atoms with Crippen LogP contribution in [-0.4, -0.2) is 18.1 Å². The molecule has 10 heavy (non-hydrogen) atoms. The average molecular weight is 144 g/mol. The van der Waals surface area contributed by atoms with E-state index in [1.165, 1.54) is 0 Å². The number of hydrogen-bond acceptors (Lipinski definition) is 1. The molecule has 3 nitrogen and oxygen atoms in total. The van der Waals surface area contributed by atoms with E-state index in [2.05, 4.69) is 10.6 Å². The first-order valence-electron chi connectivity index (χ1n) is 3.66. The molecule has 0 radical (unpaired) electrons. The van der Waals surface area contributed by atoms with Gasteiger partial charge in [-0.3, -0.25) is 0 Å². The standard InChI is InChI=1S/C5H10N2O.C2H6/c1-5(2)3-6-4(8)7-5;1-2/h3H2,1-2H3,(H2,6,7,8);1-2H3. The molecule has 60 valence electrons. The van der Waals surface area contributed by atoms with E-state index in [9.17, 15) is 4.79 Å². The summed E-state index contributed by atoms with van der Waals surface area (Å²) in [7, 11) is 0. The van der Waals surface area contributed by atoms with Crippen LogP contribution in [0.15, 0.2) is 0 Å². The van der Waals surface area contributed by atoms with E-state index in [1.54, 1.807) is 0 Å². The van der Waals surface area contributed by atoms with Gasteiger partial charge < -0.3 is 10.6 Å². The summed E-state index contributed by atoms with van der Waals surface area (Å²) >= 11 is 0. The fourth-order valence-corrected chi connectivity index (χ4v) is 0.697. The molecule has 0 bridgehead atoms. The van der Waals surface area contributed by atoms with Crippen molar-refractivity contribution in [3.05, 3.63) is 0 Å². The smallest absolute Gasteiger partial charge is 0.315 e. The number of carbonyl (C=O) groups excluding carboxylic acids is 1. The molecule has 1 fully saturated rings. The second-order valence-electron chi connectivity index (χ2n) is 2.69. The zero-order chi connectivity index (χ0) is 8.20. The molecule has 2 amide bonds. The lowest BCUT2D eigenvalue weighted by Gasteiger charge is -2.13. The maximum atomic E-state index is 10.4. The Hall–Kier alpha value is -0.730. The van der Waals surface area contributed by atoms with Gasteiger partial charge in [-0.05, 0) is 13.8 Å². The summed E-state index contributed by atoms with van der Waals surface area (Å²) in [5.41, 5.74) is -0.0446. The van der Waals surface area contributed by atoms with Crippen LogP contribution in [-0.2, 0) is 0 Å². The van der Waals surface area contributed by atoms with Crippen molar-refractivity contribution in [3.63, 3.8) is 0 Å². The van der Waals surface area contributed by atoms with Gasteiger partial charge in [0.2, 0.25) is 0 Å². The maximum Gasteiger partial charge on any atom is 0.315 e. The van der Waals surface area contributed by atoms with Crippen molar-refractivity contribution in [2.24, 2.45) is 0 Å². The van der Waals surface area contributed by atoms with Crippen molar-refractivity contribution in [3.8, 4) is 0 Å². The Kier molecular flexibility index (Phi) is 3.19. The van der Waals surface area contributed by atoms with Crippen LogP contribution in [0.3, 0.4) is 0 Å². The molecular weight excluding hydrogens is 128 g/mol. The topological polar surface area (TPSA) is 41.1 Å². The minimum atomic E-state index is -0.0602. The molecule has 1 heterocycles. The summed E-state index contributed by atoms with van der Waals surface area (Å²) in [6.07, 6.45) is 0. The van der Waals surface area contributed by atoms with E-state index in [4.69, 9.17) is 0 Å². The zero-order valence-electron chi connectivity index (χ0n) is 7.12. The van der Waals surface area contributed by atoms with Crippen LogP contribution in [0.5, 0.6) is 0 Å². The van der Waals surface area contributed by atoms with E-state index < -0.39 is 0 Å². The number of nitrogens with one attached hydrogen (secondary N) is 2. The molecule has 0 aromatic heterocycles. The lowest BCUT2D eigenvalue weighted by Crippen LogP contribution is -2.36. The van der Waals surface area contributed by atoms with Crippen LogP contribution in [0.25, 0.3) is 0 Å². The van der Waals surface area contributed by atoms with Gasteiger partial charge in [0.05, 0.1) is 5.54 Å². The first-order valence-corrected chi connectivity index (χ1v) is 3.66. The van der Waals surface area contributed by atoms with Crippen molar-refractivity contribution in [2.45, 2.75) is 33.2 Å². The second kappa shape index (κ2) is 3.44. The van der Waals surface area contributed by atoms with Crippen molar-refractivity contribution < 1.29 is 4.79 Å². The summed E-state index contributed by atoms with van der Waals surface area (Å²) < 4.78 is 0. The maximum absolute atomic E-state index is 10.4. The van der Waals surface area contributed by atoms with Gasteiger partial charge >= 0.3 is 6.03 Å². The second-order valence-corrected chi connectivity index (χ2v) is 2.69. The summed E-state index contributed by atoms with van der Waals surface area (Å²) in [4.78, 5) is 10.4. The third-order valence-corrected chi connectivity index (χ3v) is 1.14. The Balaban J connectivity index is 0.000000371. The number of rotatable bonds is 0. The molecule has 1 aliphatic rings. The van der Waals surface area contributed by atoms with Crippen LogP contribution < -0.4 is 10.6 Å². The van der Waals surface area contributed by atoms with E-state index >= 15 is 0 Å². The van der Waals surface area contributed by atoms with Gasteiger partial charge in [0.25, 0.3) is 0 Å². The highest BCUT2D eigenvalue weighted by molar-refractivity contribution is 5.77. The fourth-order valence-electron chi connectivity index (χ4n) is 0.697. The zero-order valence-corrected chi connectivity index (χ0v) is 7.12. The molecule has 1 aliphatic heterocycles. The van der Waals surface area contributed by atoms with Gasteiger partial charge in [0.1, 0.15) is 0 Å². The quantitative estimate of drug-likeness (QED) is 0.525. The Morgan fingerprint density at radius 1 is 1.40 bits per heavy atom. The average Bonchev–Trinajstić information content (AvgIpc) is 2.15. The van der Waals surface area contributed by atoms with Crippen molar-refractivity contribution >= 4 is 6.03 Å². The monoisotopic (exact) mass is 144 g/mol. The van der Waals surface area contributed by atoms with Gasteiger partial charge in [-0.1, -0.05) is 13.8 Å². The molecule has 3 heteroatoms. The van der Waals surface area contributed by atoms with Crippen LogP contribution in [0.1, 0.15) is 27.7 Å². The Labute approximate surface area is 62.2 Å².